The van der Waals surface area contributed by atoms with E-state index in [1.807, 2.05) is 10.6 Å². The minimum atomic E-state index is -0.257. The summed E-state index contributed by atoms with van der Waals surface area (Å²) in [6.45, 7) is 2.97. The fourth-order valence-electron chi connectivity index (χ4n) is 3.11. The highest BCUT2D eigenvalue weighted by Gasteiger charge is 2.23. The first-order valence-electron chi connectivity index (χ1n) is 8.71. The van der Waals surface area contributed by atoms with E-state index in [2.05, 4.69) is 60.4 Å². The highest BCUT2D eigenvalue weighted by atomic mass is 32.2. The SMILES string of the molecule is CC(c1ccccc1)c1ccc(SCC2Cn3ccc(=O)nc3O2)cc1. The molecular weight excluding hydrogens is 344 g/mol. The Hall–Kier alpha value is -2.53. The smallest absolute Gasteiger partial charge is 0.300 e. The summed E-state index contributed by atoms with van der Waals surface area (Å²) in [4.78, 5) is 16.4. The molecule has 2 aromatic carbocycles. The van der Waals surface area contributed by atoms with E-state index in [1.165, 1.54) is 22.1 Å². The van der Waals surface area contributed by atoms with Crippen LogP contribution in [0.2, 0.25) is 0 Å². The minimum absolute atomic E-state index is 0.0391. The van der Waals surface area contributed by atoms with Gasteiger partial charge in [-0.15, -0.1) is 11.8 Å². The number of ether oxygens (including phenoxy) is 1. The predicted octanol–water partition coefficient (Wildman–Crippen LogP) is 3.95. The molecule has 0 spiro atoms. The van der Waals surface area contributed by atoms with Gasteiger partial charge in [-0.25, -0.2) is 0 Å². The number of rotatable bonds is 5. The molecule has 4 rings (SSSR count). The Morgan fingerprint density at radius 1 is 1.12 bits per heavy atom. The standard InChI is InChI=1S/C21H20N2O2S/c1-15(16-5-3-2-4-6-16)17-7-9-19(10-8-17)26-14-18-13-23-12-11-20(24)22-21(23)25-18/h2-12,15,18H,13-14H2,1H3. The Morgan fingerprint density at radius 2 is 1.85 bits per heavy atom. The number of fused-ring (bicyclic) bond motifs is 1. The summed E-state index contributed by atoms with van der Waals surface area (Å²) in [6, 6.07) is 21.2. The van der Waals surface area contributed by atoms with Crippen LogP contribution in [0.1, 0.15) is 24.0 Å². The van der Waals surface area contributed by atoms with Gasteiger partial charge in [-0.05, 0) is 23.3 Å². The lowest BCUT2D eigenvalue weighted by molar-refractivity contribution is 0.250. The molecule has 0 amide bonds. The number of hydrogen-bond donors (Lipinski definition) is 0. The molecule has 0 aliphatic carbocycles. The minimum Gasteiger partial charge on any atom is -0.458 e. The first-order chi connectivity index (χ1) is 12.7. The van der Waals surface area contributed by atoms with E-state index < -0.39 is 0 Å². The van der Waals surface area contributed by atoms with E-state index in [-0.39, 0.29) is 11.7 Å². The molecule has 26 heavy (non-hydrogen) atoms. The number of aromatic nitrogens is 2. The number of hydrogen-bond acceptors (Lipinski definition) is 4. The van der Waals surface area contributed by atoms with Crippen molar-refractivity contribution in [2.75, 3.05) is 5.75 Å². The largest absolute Gasteiger partial charge is 0.458 e. The lowest BCUT2D eigenvalue weighted by Gasteiger charge is -2.13. The molecule has 132 valence electrons. The van der Waals surface area contributed by atoms with Crippen LogP contribution >= 0.6 is 11.8 Å². The molecule has 0 bridgehead atoms. The number of benzene rings is 2. The van der Waals surface area contributed by atoms with Crippen LogP contribution in [-0.4, -0.2) is 21.4 Å². The van der Waals surface area contributed by atoms with Crippen molar-refractivity contribution in [1.82, 2.24) is 9.55 Å². The molecule has 0 fully saturated rings. The summed E-state index contributed by atoms with van der Waals surface area (Å²) in [5, 5.41) is 0. The van der Waals surface area contributed by atoms with Crippen molar-refractivity contribution < 1.29 is 4.74 Å². The van der Waals surface area contributed by atoms with Gasteiger partial charge in [0, 0.05) is 28.8 Å². The fraction of sp³-hybridized carbons (Fsp3) is 0.238. The van der Waals surface area contributed by atoms with Gasteiger partial charge in [0.25, 0.3) is 11.6 Å². The van der Waals surface area contributed by atoms with Crippen LogP contribution in [0, 0.1) is 0 Å². The first kappa shape index (κ1) is 16.9. The second kappa shape index (κ2) is 7.38. The van der Waals surface area contributed by atoms with E-state index in [1.54, 1.807) is 18.0 Å². The van der Waals surface area contributed by atoms with Crippen molar-refractivity contribution in [3.05, 3.63) is 88.3 Å². The average Bonchev–Trinajstić information content (AvgIpc) is 3.09. The zero-order valence-corrected chi connectivity index (χ0v) is 15.4. The van der Waals surface area contributed by atoms with Gasteiger partial charge in [-0.2, -0.15) is 4.98 Å². The normalized spacial score (nSPS) is 16.7. The second-order valence-electron chi connectivity index (χ2n) is 6.45. The third kappa shape index (κ3) is 3.68. The highest BCUT2D eigenvalue weighted by Crippen LogP contribution is 2.28. The monoisotopic (exact) mass is 364 g/mol. The molecule has 0 saturated heterocycles. The molecule has 0 radical (unpaired) electrons. The van der Waals surface area contributed by atoms with E-state index in [4.69, 9.17) is 4.74 Å². The molecule has 0 saturated carbocycles. The summed E-state index contributed by atoms with van der Waals surface area (Å²) in [7, 11) is 0. The first-order valence-corrected chi connectivity index (χ1v) is 9.69. The lowest BCUT2D eigenvalue weighted by Crippen LogP contribution is -2.17. The summed E-state index contributed by atoms with van der Waals surface area (Å²) < 4.78 is 7.65. The van der Waals surface area contributed by atoms with E-state index in [9.17, 15) is 4.79 Å². The summed E-state index contributed by atoms with van der Waals surface area (Å²) in [5.74, 6) is 1.21. The summed E-state index contributed by atoms with van der Waals surface area (Å²) >= 11 is 1.76. The van der Waals surface area contributed by atoms with E-state index in [0.717, 1.165) is 12.3 Å². The fourth-order valence-corrected chi connectivity index (χ4v) is 4.00. The van der Waals surface area contributed by atoms with Crippen molar-refractivity contribution in [2.24, 2.45) is 0 Å². The highest BCUT2D eigenvalue weighted by molar-refractivity contribution is 7.99. The zero-order chi connectivity index (χ0) is 17.9. The molecule has 5 heteroatoms. The van der Waals surface area contributed by atoms with Gasteiger partial charge in [0.05, 0.1) is 6.54 Å². The third-order valence-corrected chi connectivity index (χ3v) is 5.78. The predicted molar refractivity (Wildman–Crippen MR) is 104 cm³/mol. The van der Waals surface area contributed by atoms with E-state index in [0.29, 0.717) is 11.9 Å². The molecule has 4 nitrogen and oxygen atoms in total. The van der Waals surface area contributed by atoms with Gasteiger partial charge >= 0.3 is 0 Å². The summed E-state index contributed by atoms with van der Waals surface area (Å²) in [5.41, 5.74) is 2.38. The van der Waals surface area contributed by atoms with Crippen molar-refractivity contribution in [1.29, 1.82) is 0 Å². The molecule has 2 unspecified atom stereocenters. The topological polar surface area (TPSA) is 44.1 Å². The second-order valence-corrected chi connectivity index (χ2v) is 7.55. The quantitative estimate of drug-likeness (QED) is 0.643. The van der Waals surface area contributed by atoms with Crippen LogP contribution in [0.5, 0.6) is 6.01 Å². The number of nitrogens with zero attached hydrogens (tertiary/aromatic N) is 2. The Kier molecular flexibility index (Phi) is 4.80. The van der Waals surface area contributed by atoms with Crippen molar-refractivity contribution >= 4 is 11.8 Å². The van der Waals surface area contributed by atoms with Gasteiger partial charge in [-0.3, -0.25) is 9.36 Å². The Labute approximate surface area is 156 Å². The van der Waals surface area contributed by atoms with Crippen molar-refractivity contribution in [3.8, 4) is 6.01 Å². The maximum absolute atomic E-state index is 11.3. The Morgan fingerprint density at radius 3 is 2.62 bits per heavy atom. The molecule has 2 heterocycles. The van der Waals surface area contributed by atoms with Crippen LogP contribution in [0.25, 0.3) is 0 Å². The molecular formula is C21H20N2O2S. The van der Waals surface area contributed by atoms with Gasteiger partial charge in [0.1, 0.15) is 6.10 Å². The van der Waals surface area contributed by atoms with Gasteiger partial charge in [0.15, 0.2) is 0 Å². The van der Waals surface area contributed by atoms with Gasteiger partial charge in [0.2, 0.25) is 0 Å². The third-order valence-electron chi connectivity index (χ3n) is 4.64. The maximum Gasteiger partial charge on any atom is 0.300 e. The molecule has 3 aromatic rings. The van der Waals surface area contributed by atoms with Crippen molar-refractivity contribution in [3.63, 3.8) is 0 Å². The molecule has 1 aliphatic heterocycles. The van der Waals surface area contributed by atoms with Gasteiger partial charge < -0.3 is 4.74 Å². The zero-order valence-electron chi connectivity index (χ0n) is 14.5. The van der Waals surface area contributed by atoms with Crippen molar-refractivity contribution in [2.45, 2.75) is 30.4 Å². The van der Waals surface area contributed by atoms with E-state index >= 15 is 0 Å². The van der Waals surface area contributed by atoms with Crippen LogP contribution in [0.3, 0.4) is 0 Å². The molecule has 2 atom stereocenters. The Bertz CT molecular complexity index is 938. The van der Waals surface area contributed by atoms with Crippen LogP contribution < -0.4 is 10.3 Å². The Balaban J connectivity index is 1.36. The van der Waals surface area contributed by atoms with Crippen LogP contribution in [0.15, 0.2) is 76.6 Å². The lowest BCUT2D eigenvalue weighted by atomic mass is 9.93. The average molecular weight is 364 g/mol. The number of thioether (sulfide) groups is 1. The molecule has 0 N–H and O–H groups in total. The summed E-state index contributed by atoms with van der Waals surface area (Å²) in [6.07, 6.45) is 1.78. The van der Waals surface area contributed by atoms with Crippen LogP contribution in [-0.2, 0) is 6.54 Å². The molecule has 1 aromatic heterocycles. The molecule has 1 aliphatic rings. The van der Waals surface area contributed by atoms with Gasteiger partial charge in [-0.1, -0.05) is 49.4 Å². The van der Waals surface area contributed by atoms with Crippen LogP contribution in [0.4, 0.5) is 0 Å². The maximum atomic E-state index is 11.3.